The van der Waals surface area contributed by atoms with Gasteiger partial charge in [-0.1, -0.05) is 29.8 Å². The summed E-state index contributed by atoms with van der Waals surface area (Å²) in [5, 5.41) is 11.0. The van der Waals surface area contributed by atoms with Gasteiger partial charge >= 0.3 is 0 Å². The first-order valence-electron chi connectivity index (χ1n) is 10.3. The summed E-state index contributed by atoms with van der Waals surface area (Å²) in [5.41, 5.74) is 1.28. The molecule has 1 saturated heterocycles. The number of halogens is 3. The van der Waals surface area contributed by atoms with E-state index in [0.29, 0.717) is 26.4 Å². The lowest BCUT2D eigenvalue weighted by Gasteiger charge is -2.35. The second-order valence-corrected chi connectivity index (χ2v) is 7.90. The van der Waals surface area contributed by atoms with Crippen LogP contribution in [0.25, 0.3) is 0 Å². The number of ether oxygens (including phenoxy) is 3. The molecule has 1 atom stereocenters. The lowest BCUT2D eigenvalue weighted by molar-refractivity contribution is -0.000445. The largest absolute Gasteiger partial charge is 0.497 e. The zero-order valence-electron chi connectivity index (χ0n) is 18.3. The molecule has 6 nitrogen and oxygen atoms in total. The second kappa shape index (κ2) is 15.6. The maximum Gasteiger partial charge on any atom is 0.123 e. The molecule has 0 radical (unpaired) electrons. The topological polar surface area (TPSA) is 54.4 Å². The highest BCUT2D eigenvalue weighted by Gasteiger charge is 2.19. The van der Waals surface area contributed by atoms with Gasteiger partial charge in [-0.05, 0) is 29.8 Å². The van der Waals surface area contributed by atoms with Crippen LogP contribution in [-0.2, 0) is 11.3 Å². The van der Waals surface area contributed by atoms with Crippen LogP contribution in [0.5, 0.6) is 11.5 Å². The minimum Gasteiger partial charge on any atom is -0.497 e. The third kappa shape index (κ3) is 10.1. The standard InChI is InChI=1S/C23H31ClN2O4.2ClH/c1-28-22-3-2-4-23(15-22)30-14-13-29-18-21(27)17-26-11-9-25(10-12-26)16-19-5-7-20(24)8-6-19;;/h2-8,15,21,27H,9-14,16-18H2,1H3;2*1H. The molecular weight excluding hydrogens is 475 g/mol. The van der Waals surface area contributed by atoms with Crippen LogP contribution in [0.15, 0.2) is 48.5 Å². The van der Waals surface area contributed by atoms with Crippen LogP contribution in [0.4, 0.5) is 0 Å². The Labute approximate surface area is 208 Å². The van der Waals surface area contributed by atoms with E-state index in [-0.39, 0.29) is 24.8 Å². The summed E-state index contributed by atoms with van der Waals surface area (Å²) in [7, 11) is 1.63. The van der Waals surface area contributed by atoms with Crippen LogP contribution in [0, 0.1) is 0 Å². The number of piperazine rings is 1. The Morgan fingerprint density at radius 3 is 2.28 bits per heavy atom. The number of benzene rings is 2. The van der Waals surface area contributed by atoms with Crippen molar-refractivity contribution in [3.8, 4) is 11.5 Å². The van der Waals surface area contributed by atoms with Crippen molar-refractivity contribution < 1.29 is 19.3 Å². The SMILES string of the molecule is COc1cccc(OCCOCC(O)CN2CCN(Cc3ccc(Cl)cc3)CC2)c1.Cl.Cl. The first-order chi connectivity index (χ1) is 14.6. The van der Waals surface area contributed by atoms with Gasteiger partial charge in [-0.15, -0.1) is 24.8 Å². The van der Waals surface area contributed by atoms with Gasteiger partial charge in [-0.2, -0.15) is 0 Å². The molecule has 9 heteroatoms. The molecule has 1 unspecified atom stereocenters. The minimum absolute atomic E-state index is 0. The highest BCUT2D eigenvalue weighted by Crippen LogP contribution is 2.18. The lowest BCUT2D eigenvalue weighted by atomic mass is 10.2. The highest BCUT2D eigenvalue weighted by molar-refractivity contribution is 6.30. The van der Waals surface area contributed by atoms with Crippen molar-refractivity contribution in [2.75, 3.05) is 59.7 Å². The lowest BCUT2D eigenvalue weighted by Crippen LogP contribution is -2.48. The molecule has 0 bridgehead atoms. The van der Waals surface area contributed by atoms with Gasteiger partial charge in [0.1, 0.15) is 18.1 Å². The van der Waals surface area contributed by atoms with Crippen LogP contribution >= 0.6 is 36.4 Å². The van der Waals surface area contributed by atoms with E-state index in [2.05, 4.69) is 21.9 Å². The molecule has 180 valence electrons. The van der Waals surface area contributed by atoms with E-state index in [9.17, 15) is 5.11 Å². The number of rotatable bonds is 11. The summed E-state index contributed by atoms with van der Waals surface area (Å²) in [4.78, 5) is 4.72. The van der Waals surface area contributed by atoms with Crippen molar-refractivity contribution in [3.05, 3.63) is 59.1 Å². The zero-order valence-corrected chi connectivity index (χ0v) is 20.7. The summed E-state index contributed by atoms with van der Waals surface area (Å²) in [6.07, 6.45) is -0.496. The molecule has 1 fully saturated rings. The number of β-amino-alcohol motifs (C(OH)–C–C–N with tert-alkyl or cyclic N) is 1. The molecule has 2 aromatic rings. The van der Waals surface area contributed by atoms with Crippen LogP contribution in [-0.4, -0.2) is 80.7 Å². The number of hydrogen-bond donors (Lipinski definition) is 1. The fourth-order valence-corrected chi connectivity index (χ4v) is 3.58. The molecule has 1 N–H and O–H groups in total. The first-order valence-corrected chi connectivity index (χ1v) is 10.7. The van der Waals surface area contributed by atoms with Crippen LogP contribution < -0.4 is 9.47 Å². The smallest absolute Gasteiger partial charge is 0.123 e. The van der Waals surface area contributed by atoms with Crippen molar-refractivity contribution >= 4 is 36.4 Å². The molecule has 0 aliphatic carbocycles. The van der Waals surface area contributed by atoms with E-state index in [4.69, 9.17) is 25.8 Å². The number of aliphatic hydroxyl groups excluding tert-OH is 1. The molecule has 1 aliphatic rings. The van der Waals surface area contributed by atoms with Gasteiger partial charge in [0.05, 0.1) is 26.4 Å². The summed E-state index contributed by atoms with van der Waals surface area (Å²) >= 11 is 5.95. The normalized spacial score (nSPS) is 15.3. The molecule has 0 spiro atoms. The molecule has 0 aromatic heterocycles. The molecular formula is C23H33Cl3N2O4. The molecule has 2 aromatic carbocycles. The maximum absolute atomic E-state index is 10.3. The highest BCUT2D eigenvalue weighted by atomic mass is 35.5. The Bertz CT molecular complexity index is 759. The van der Waals surface area contributed by atoms with Crippen LogP contribution in [0.2, 0.25) is 5.02 Å². The van der Waals surface area contributed by atoms with E-state index in [0.717, 1.165) is 49.2 Å². The summed E-state index contributed by atoms with van der Waals surface area (Å²) < 4.78 is 16.4. The van der Waals surface area contributed by atoms with E-state index in [1.807, 2.05) is 36.4 Å². The third-order valence-corrected chi connectivity index (χ3v) is 5.35. The summed E-state index contributed by atoms with van der Waals surface area (Å²) in [5.74, 6) is 1.51. The van der Waals surface area contributed by atoms with Gasteiger partial charge in [-0.25, -0.2) is 0 Å². The average Bonchev–Trinajstić information content (AvgIpc) is 2.76. The van der Waals surface area contributed by atoms with Gasteiger partial charge in [0.2, 0.25) is 0 Å². The Morgan fingerprint density at radius 2 is 1.59 bits per heavy atom. The van der Waals surface area contributed by atoms with E-state index in [1.54, 1.807) is 7.11 Å². The monoisotopic (exact) mass is 506 g/mol. The predicted molar refractivity (Wildman–Crippen MR) is 133 cm³/mol. The molecule has 3 rings (SSSR count). The van der Waals surface area contributed by atoms with Crippen LogP contribution in [0.3, 0.4) is 0 Å². The maximum atomic E-state index is 10.3. The van der Waals surface area contributed by atoms with Crippen molar-refractivity contribution in [1.82, 2.24) is 9.80 Å². The first kappa shape index (κ1) is 28.8. The number of nitrogens with zero attached hydrogens (tertiary/aromatic N) is 2. The molecule has 1 heterocycles. The van der Waals surface area contributed by atoms with E-state index >= 15 is 0 Å². The van der Waals surface area contributed by atoms with Gasteiger partial charge < -0.3 is 19.3 Å². The Hall–Kier alpha value is -1.25. The molecule has 0 saturated carbocycles. The van der Waals surface area contributed by atoms with Crippen LogP contribution in [0.1, 0.15) is 5.56 Å². The minimum atomic E-state index is -0.496. The number of aliphatic hydroxyl groups is 1. The third-order valence-electron chi connectivity index (χ3n) is 5.10. The predicted octanol–water partition coefficient (Wildman–Crippen LogP) is 3.77. The molecule has 32 heavy (non-hydrogen) atoms. The fraction of sp³-hybridized carbons (Fsp3) is 0.478. The summed E-state index contributed by atoms with van der Waals surface area (Å²) in [6, 6.07) is 15.5. The Morgan fingerprint density at radius 1 is 0.938 bits per heavy atom. The average molecular weight is 508 g/mol. The molecule has 0 amide bonds. The summed E-state index contributed by atoms with van der Waals surface area (Å²) in [6.45, 7) is 6.62. The fourth-order valence-electron chi connectivity index (χ4n) is 3.46. The Kier molecular flexibility index (Phi) is 14.0. The zero-order chi connectivity index (χ0) is 21.2. The van der Waals surface area contributed by atoms with Gasteiger partial charge in [0, 0.05) is 50.4 Å². The van der Waals surface area contributed by atoms with Gasteiger partial charge in [0.25, 0.3) is 0 Å². The number of hydrogen-bond acceptors (Lipinski definition) is 6. The van der Waals surface area contributed by atoms with Gasteiger partial charge in [0.15, 0.2) is 0 Å². The van der Waals surface area contributed by atoms with Crippen molar-refractivity contribution in [3.63, 3.8) is 0 Å². The second-order valence-electron chi connectivity index (χ2n) is 7.46. The van der Waals surface area contributed by atoms with E-state index < -0.39 is 6.10 Å². The Balaban J connectivity index is 0.00000256. The van der Waals surface area contributed by atoms with Crippen molar-refractivity contribution in [1.29, 1.82) is 0 Å². The quantitative estimate of drug-likeness (QED) is 0.467. The number of methoxy groups -OCH3 is 1. The van der Waals surface area contributed by atoms with E-state index in [1.165, 1.54) is 5.56 Å². The molecule has 1 aliphatic heterocycles. The van der Waals surface area contributed by atoms with Crippen molar-refractivity contribution in [2.24, 2.45) is 0 Å². The van der Waals surface area contributed by atoms with Crippen molar-refractivity contribution in [2.45, 2.75) is 12.6 Å². The van der Waals surface area contributed by atoms with Gasteiger partial charge in [-0.3, -0.25) is 9.80 Å².